The molecule has 10 nitrogen and oxygen atoms in total. The van der Waals surface area contributed by atoms with E-state index in [1.165, 1.54) is 50.2 Å². The molecule has 0 aliphatic carbocycles. The second-order valence-electron chi connectivity index (χ2n) is 6.57. The fourth-order valence-electron chi connectivity index (χ4n) is 2.90. The number of esters is 1. The molecule has 0 fully saturated rings. The van der Waals surface area contributed by atoms with Crippen LogP contribution in [0.1, 0.15) is 34.6 Å². The average molecular weight is 411 g/mol. The van der Waals surface area contributed by atoms with Crippen molar-refractivity contribution in [2.24, 2.45) is 0 Å². The summed E-state index contributed by atoms with van der Waals surface area (Å²) < 4.78 is 5.11. The first-order valence-electron chi connectivity index (χ1n) is 8.93. The van der Waals surface area contributed by atoms with Gasteiger partial charge in [0, 0.05) is 17.8 Å². The Kier molecular flexibility index (Phi) is 5.58. The molecule has 3 rings (SSSR count). The van der Waals surface area contributed by atoms with Gasteiger partial charge in [0.05, 0.1) is 16.1 Å². The number of anilines is 1. The summed E-state index contributed by atoms with van der Waals surface area (Å²) in [5.41, 5.74) is 0.543. The van der Waals surface area contributed by atoms with Crippen LogP contribution in [0, 0.1) is 10.1 Å². The lowest BCUT2D eigenvalue weighted by atomic mass is 10.1. The van der Waals surface area contributed by atoms with Crippen molar-refractivity contribution in [2.45, 2.75) is 26.0 Å². The Morgan fingerprint density at radius 3 is 2.03 bits per heavy atom. The van der Waals surface area contributed by atoms with Gasteiger partial charge in [0.1, 0.15) is 6.04 Å². The molecule has 0 saturated heterocycles. The Hall–Kier alpha value is -4.08. The summed E-state index contributed by atoms with van der Waals surface area (Å²) in [5.74, 6) is -2.81. The van der Waals surface area contributed by atoms with Crippen LogP contribution in [0.4, 0.5) is 11.4 Å². The highest BCUT2D eigenvalue weighted by atomic mass is 16.6. The second-order valence-corrected chi connectivity index (χ2v) is 6.57. The first-order valence-corrected chi connectivity index (χ1v) is 8.93. The Morgan fingerprint density at radius 2 is 1.53 bits per heavy atom. The molecule has 1 N–H and O–H groups in total. The molecular formula is C20H17N3O7. The third-order valence-electron chi connectivity index (χ3n) is 4.56. The molecule has 0 aromatic heterocycles. The number of rotatable bonds is 6. The zero-order chi connectivity index (χ0) is 22.0. The van der Waals surface area contributed by atoms with Gasteiger partial charge < -0.3 is 10.1 Å². The monoisotopic (exact) mass is 411 g/mol. The zero-order valence-corrected chi connectivity index (χ0v) is 16.0. The molecule has 10 heteroatoms. The summed E-state index contributed by atoms with van der Waals surface area (Å²) in [6, 6.07) is 10.1. The van der Waals surface area contributed by atoms with Crippen molar-refractivity contribution < 1.29 is 28.8 Å². The lowest BCUT2D eigenvalue weighted by Gasteiger charge is -2.22. The van der Waals surface area contributed by atoms with E-state index in [-0.39, 0.29) is 22.5 Å². The van der Waals surface area contributed by atoms with Gasteiger partial charge in [-0.1, -0.05) is 12.1 Å². The van der Waals surface area contributed by atoms with Crippen LogP contribution in [-0.4, -0.2) is 45.7 Å². The highest BCUT2D eigenvalue weighted by Gasteiger charge is 2.41. The molecule has 1 heterocycles. The normalized spacial score (nSPS) is 14.7. The van der Waals surface area contributed by atoms with E-state index >= 15 is 0 Å². The number of fused-ring (bicyclic) bond motifs is 1. The molecule has 2 atom stereocenters. The molecule has 154 valence electrons. The molecule has 3 amide bonds. The molecule has 0 spiro atoms. The fourth-order valence-corrected chi connectivity index (χ4v) is 2.90. The molecule has 0 bridgehead atoms. The van der Waals surface area contributed by atoms with Crippen molar-refractivity contribution in [1.29, 1.82) is 0 Å². The lowest BCUT2D eigenvalue weighted by molar-refractivity contribution is -0.384. The number of ether oxygens (including phenoxy) is 1. The molecule has 1 aliphatic rings. The number of carbonyl (C=O) groups is 4. The SMILES string of the molecule is C[C@H](OC(=O)[C@@H](C)N1C(=O)c2ccccc2C1=O)C(=O)Nc1ccc([N+](=O)[O-])cc1. The summed E-state index contributed by atoms with van der Waals surface area (Å²) in [6.07, 6.45) is -1.23. The number of nitro groups is 1. The number of hydrogen-bond donors (Lipinski definition) is 1. The summed E-state index contributed by atoms with van der Waals surface area (Å²) in [6.45, 7) is 2.67. The predicted molar refractivity (Wildman–Crippen MR) is 104 cm³/mol. The quantitative estimate of drug-likeness (QED) is 0.333. The lowest BCUT2D eigenvalue weighted by Crippen LogP contribution is -2.45. The van der Waals surface area contributed by atoms with Crippen LogP contribution < -0.4 is 5.32 Å². The van der Waals surface area contributed by atoms with Gasteiger partial charge in [-0.3, -0.25) is 29.4 Å². The van der Waals surface area contributed by atoms with E-state index in [4.69, 9.17) is 4.74 Å². The van der Waals surface area contributed by atoms with Crippen LogP contribution in [-0.2, 0) is 14.3 Å². The number of amides is 3. The summed E-state index contributed by atoms with van der Waals surface area (Å²) >= 11 is 0. The molecule has 0 radical (unpaired) electrons. The van der Waals surface area contributed by atoms with E-state index in [1.54, 1.807) is 12.1 Å². The first-order chi connectivity index (χ1) is 14.2. The van der Waals surface area contributed by atoms with Gasteiger partial charge in [0.2, 0.25) is 0 Å². The van der Waals surface area contributed by atoms with Crippen LogP contribution in [0.15, 0.2) is 48.5 Å². The van der Waals surface area contributed by atoms with Gasteiger partial charge in [-0.15, -0.1) is 0 Å². The zero-order valence-electron chi connectivity index (χ0n) is 16.0. The van der Waals surface area contributed by atoms with Crippen LogP contribution >= 0.6 is 0 Å². The number of nitrogens with one attached hydrogen (secondary N) is 1. The molecular weight excluding hydrogens is 394 g/mol. The van der Waals surface area contributed by atoms with Crippen molar-refractivity contribution in [3.05, 3.63) is 69.8 Å². The average Bonchev–Trinajstić information content (AvgIpc) is 2.98. The Labute approximate surface area is 170 Å². The van der Waals surface area contributed by atoms with Crippen molar-refractivity contribution in [1.82, 2.24) is 4.90 Å². The van der Waals surface area contributed by atoms with Crippen molar-refractivity contribution in [3.8, 4) is 0 Å². The minimum absolute atomic E-state index is 0.137. The number of carbonyl (C=O) groups excluding carboxylic acids is 4. The number of imide groups is 1. The van der Waals surface area contributed by atoms with Crippen LogP contribution in [0.3, 0.4) is 0 Å². The third-order valence-corrected chi connectivity index (χ3v) is 4.56. The van der Waals surface area contributed by atoms with E-state index in [0.717, 1.165) is 4.90 Å². The van der Waals surface area contributed by atoms with Crippen LogP contribution in [0.25, 0.3) is 0 Å². The van der Waals surface area contributed by atoms with E-state index < -0.39 is 40.8 Å². The van der Waals surface area contributed by atoms with Crippen molar-refractivity contribution >= 4 is 35.1 Å². The van der Waals surface area contributed by atoms with Gasteiger partial charge >= 0.3 is 5.97 Å². The molecule has 0 unspecified atom stereocenters. The maximum absolute atomic E-state index is 12.5. The summed E-state index contributed by atoms with van der Waals surface area (Å²) in [5, 5.41) is 13.1. The van der Waals surface area contributed by atoms with Crippen molar-refractivity contribution in [3.63, 3.8) is 0 Å². The fraction of sp³-hybridized carbons (Fsp3) is 0.200. The number of nitro benzene ring substituents is 1. The summed E-state index contributed by atoms with van der Waals surface area (Å²) in [4.78, 5) is 60.5. The minimum atomic E-state index is -1.23. The number of benzene rings is 2. The van der Waals surface area contributed by atoms with Crippen LogP contribution in [0.2, 0.25) is 0 Å². The smallest absolute Gasteiger partial charge is 0.329 e. The van der Waals surface area contributed by atoms with E-state index in [0.29, 0.717) is 0 Å². The van der Waals surface area contributed by atoms with E-state index in [9.17, 15) is 29.3 Å². The van der Waals surface area contributed by atoms with Gasteiger partial charge in [-0.2, -0.15) is 0 Å². The highest BCUT2D eigenvalue weighted by molar-refractivity contribution is 6.22. The molecule has 0 saturated carbocycles. The predicted octanol–water partition coefficient (Wildman–Crippen LogP) is 2.15. The third kappa shape index (κ3) is 3.88. The highest BCUT2D eigenvalue weighted by Crippen LogP contribution is 2.25. The maximum Gasteiger partial charge on any atom is 0.329 e. The van der Waals surface area contributed by atoms with Gasteiger partial charge in [-0.25, -0.2) is 4.79 Å². The van der Waals surface area contributed by atoms with Gasteiger partial charge in [0.15, 0.2) is 6.10 Å². The topological polar surface area (TPSA) is 136 Å². The first kappa shape index (κ1) is 20.6. The molecule has 2 aromatic carbocycles. The summed E-state index contributed by atoms with van der Waals surface area (Å²) in [7, 11) is 0. The Balaban J connectivity index is 1.62. The van der Waals surface area contributed by atoms with Crippen molar-refractivity contribution in [2.75, 3.05) is 5.32 Å². The number of nitrogens with zero attached hydrogens (tertiary/aromatic N) is 2. The van der Waals surface area contributed by atoms with E-state index in [2.05, 4.69) is 5.32 Å². The Morgan fingerprint density at radius 1 is 1.00 bits per heavy atom. The maximum atomic E-state index is 12.5. The van der Waals surface area contributed by atoms with Crippen LogP contribution in [0.5, 0.6) is 0 Å². The van der Waals surface area contributed by atoms with Gasteiger partial charge in [0.25, 0.3) is 23.4 Å². The number of non-ortho nitro benzene ring substituents is 1. The number of hydrogen-bond acceptors (Lipinski definition) is 7. The molecule has 1 aliphatic heterocycles. The van der Waals surface area contributed by atoms with E-state index in [1.807, 2.05) is 0 Å². The second kappa shape index (κ2) is 8.11. The Bertz CT molecular complexity index is 1010. The largest absolute Gasteiger partial charge is 0.451 e. The molecule has 2 aromatic rings. The van der Waals surface area contributed by atoms with Gasteiger partial charge in [-0.05, 0) is 38.1 Å². The minimum Gasteiger partial charge on any atom is -0.451 e. The molecule has 30 heavy (non-hydrogen) atoms. The standard InChI is InChI=1S/C20H17N3O7/c1-11(22-18(25)15-5-3-4-6-16(15)19(22)26)20(27)30-12(2)17(24)21-13-7-9-14(10-8-13)23(28)29/h3-12H,1-2H3,(H,21,24)/t11-,12+/m1/s1.